The zero-order chi connectivity index (χ0) is 17.9. The fraction of sp³-hybridized carbons (Fsp3) is 0.130. The first kappa shape index (κ1) is 16.3. The fourth-order valence-corrected chi connectivity index (χ4v) is 3.58. The molecule has 2 atom stereocenters. The summed E-state index contributed by atoms with van der Waals surface area (Å²) in [5, 5.41) is 6.80. The second-order valence-corrected chi connectivity index (χ2v) is 6.48. The van der Waals surface area contributed by atoms with Crippen molar-refractivity contribution in [1.82, 2.24) is 0 Å². The van der Waals surface area contributed by atoms with Crippen molar-refractivity contribution < 1.29 is 4.79 Å². The predicted molar refractivity (Wildman–Crippen MR) is 106 cm³/mol. The zero-order valence-electron chi connectivity index (χ0n) is 14.6. The van der Waals surface area contributed by atoms with E-state index in [-0.39, 0.29) is 17.7 Å². The third-order valence-corrected chi connectivity index (χ3v) is 4.75. The Kier molecular flexibility index (Phi) is 4.36. The lowest BCUT2D eigenvalue weighted by atomic mass is 9.83. The molecule has 3 heteroatoms. The van der Waals surface area contributed by atoms with Crippen LogP contribution in [0.3, 0.4) is 0 Å². The molecule has 1 aliphatic heterocycles. The highest BCUT2D eigenvalue weighted by Gasteiger charge is 2.42. The third kappa shape index (κ3) is 2.93. The van der Waals surface area contributed by atoms with Gasteiger partial charge < -0.3 is 0 Å². The van der Waals surface area contributed by atoms with Crippen LogP contribution in [0.25, 0.3) is 0 Å². The lowest BCUT2D eigenvalue weighted by Gasteiger charge is -2.26. The third-order valence-electron chi connectivity index (χ3n) is 4.75. The predicted octanol–water partition coefficient (Wildman–Crippen LogP) is 4.65. The van der Waals surface area contributed by atoms with Crippen molar-refractivity contribution in [3.8, 4) is 0 Å². The summed E-state index contributed by atoms with van der Waals surface area (Å²) < 4.78 is 0. The molecular weight excluding hydrogens is 320 g/mol. The summed E-state index contributed by atoms with van der Waals surface area (Å²) in [6.45, 7) is 1.65. The minimum absolute atomic E-state index is 0.101. The van der Waals surface area contributed by atoms with E-state index in [9.17, 15) is 4.79 Å². The van der Waals surface area contributed by atoms with E-state index in [1.165, 1.54) is 0 Å². The molecule has 0 fully saturated rings. The van der Waals surface area contributed by atoms with Crippen LogP contribution in [-0.4, -0.2) is 17.5 Å². The Bertz CT molecular complexity index is 920. The molecule has 0 amide bonds. The fourth-order valence-electron chi connectivity index (χ4n) is 3.58. The Balaban J connectivity index is 1.89. The Hall–Kier alpha value is -3.20. The lowest BCUT2D eigenvalue weighted by Crippen LogP contribution is -2.38. The Morgan fingerprint density at radius 1 is 0.808 bits per heavy atom. The number of hydrazone groups is 1. The molecule has 0 aromatic heterocycles. The van der Waals surface area contributed by atoms with Gasteiger partial charge in [-0.1, -0.05) is 78.9 Å². The normalized spacial score (nSPS) is 19.3. The van der Waals surface area contributed by atoms with Crippen molar-refractivity contribution in [2.24, 2.45) is 5.10 Å². The van der Waals surface area contributed by atoms with Gasteiger partial charge in [-0.15, -0.1) is 0 Å². The molecule has 0 spiro atoms. The number of para-hydroxylation sites is 1. The molecule has 0 aliphatic carbocycles. The molecule has 1 aliphatic rings. The van der Waals surface area contributed by atoms with Crippen molar-refractivity contribution in [3.63, 3.8) is 0 Å². The van der Waals surface area contributed by atoms with E-state index >= 15 is 0 Å². The Morgan fingerprint density at radius 3 is 1.92 bits per heavy atom. The maximum absolute atomic E-state index is 12.7. The van der Waals surface area contributed by atoms with E-state index in [1.54, 1.807) is 6.92 Å². The smallest absolute Gasteiger partial charge is 0.155 e. The molecule has 26 heavy (non-hydrogen) atoms. The second kappa shape index (κ2) is 6.96. The first-order valence-electron chi connectivity index (χ1n) is 8.79. The van der Waals surface area contributed by atoms with Crippen LogP contribution < -0.4 is 5.01 Å². The van der Waals surface area contributed by atoms with Crippen LogP contribution >= 0.6 is 0 Å². The van der Waals surface area contributed by atoms with E-state index in [2.05, 4.69) is 24.3 Å². The summed E-state index contributed by atoms with van der Waals surface area (Å²) in [4.78, 5) is 12.7. The van der Waals surface area contributed by atoms with Crippen LogP contribution in [-0.2, 0) is 4.79 Å². The van der Waals surface area contributed by atoms with Gasteiger partial charge in [0.05, 0.1) is 17.3 Å². The summed E-state index contributed by atoms with van der Waals surface area (Å²) in [6.07, 6.45) is 0. The Morgan fingerprint density at radius 2 is 1.35 bits per heavy atom. The largest absolute Gasteiger partial charge is 0.298 e. The van der Waals surface area contributed by atoms with Gasteiger partial charge in [0.1, 0.15) is 6.04 Å². The van der Waals surface area contributed by atoms with Crippen LogP contribution in [0.2, 0.25) is 0 Å². The number of ketones is 1. The van der Waals surface area contributed by atoms with Crippen LogP contribution in [0.4, 0.5) is 5.69 Å². The summed E-state index contributed by atoms with van der Waals surface area (Å²) in [7, 11) is 0. The zero-order valence-corrected chi connectivity index (χ0v) is 14.6. The van der Waals surface area contributed by atoms with Gasteiger partial charge in [0.2, 0.25) is 0 Å². The van der Waals surface area contributed by atoms with E-state index in [0.29, 0.717) is 0 Å². The first-order valence-corrected chi connectivity index (χ1v) is 8.79. The number of benzene rings is 3. The highest BCUT2D eigenvalue weighted by atomic mass is 16.1. The van der Waals surface area contributed by atoms with Gasteiger partial charge >= 0.3 is 0 Å². The average molecular weight is 340 g/mol. The summed E-state index contributed by atoms with van der Waals surface area (Å²) in [5.74, 6) is 0.00805. The number of anilines is 1. The van der Waals surface area contributed by atoms with Crippen LogP contribution in [0.5, 0.6) is 0 Å². The summed E-state index contributed by atoms with van der Waals surface area (Å²) in [5.41, 5.74) is 4.01. The van der Waals surface area contributed by atoms with Crippen LogP contribution in [0.15, 0.2) is 96.1 Å². The monoisotopic (exact) mass is 340 g/mol. The van der Waals surface area contributed by atoms with Gasteiger partial charge in [-0.2, -0.15) is 5.10 Å². The number of carbonyl (C=O) groups is 1. The average Bonchev–Trinajstić information content (AvgIpc) is 3.11. The quantitative estimate of drug-likeness (QED) is 0.692. The summed E-state index contributed by atoms with van der Waals surface area (Å²) in [6, 6.07) is 29.9. The molecule has 3 aromatic rings. The molecule has 128 valence electrons. The highest BCUT2D eigenvalue weighted by Crippen LogP contribution is 2.37. The molecule has 0 saturated heterocycles. The molecule has 0 N–H and O–H groups in total. The second-order valence-electron chi connectivity index (χ2n) is 6.48. The lowest BCUT2D eigenvalue weighted by molar-refractivity contribution is -0.118. The van der Waals surface area contributed by atoms with Crippen LogP contribution in [0, 0.1) is 0 Å². The van der Waals surface area contributed by atoms with Crippen molar-refractivity contribution in [2.45, 2.75) is 18.9 Å². The van der Waals surface area contributed by atoms with E-state index < -0.39 is 0 Å². The van der Waals surface area contributed by atoms with Crippen molar-refractivity contribution >= 4 is 17.2 Å². The minimum Gasteiger partial charge on any atom is -0.298 e. The molecule has 0 radical (unpaired) electrons. The van der Waals surface area contributed by atoms with Gasteiger partial charge in [-0.3, -0.25) is 9.80 Å². The molecule has 3 aromatic carbocycles. The van der Waals surface area contributed by atoms with E-state index in [0.717, 1.165) is 22.5 Å². The maximum atomic E-state index is 12.7. The topological polar surface area (TPSA) is 32.7 Å². The molecular formula is C23H20N2O. The van der Waals surface area contributed by atoms with Crippen molar-refractivity contribution in [2.75, 3.05) is 5.01 Å². The Labute approximate surface area is 153 Å². The van der Waals surface area contributed by atoms with Gasteiger partial charge in [-0.05, 0) is 30.2 Å². The van der Waals surface area contributed by atoms with Crippen molar-refractivity contribution in [3.05, 3.63) is 102 Å². The standard InChI is InChI=1S/C23H20N2O/c1-17(26)23-21(18-11-5-2-6-12-18)22(19-13-7-3-8-14-19)24-25(23)20-15-9-4-10-16-20/h2-16,21,23H,1H3. The molecule has 3 nitrogen and oxygen atoms in total. The summed E-state index contributed by atoms with van der Waals surface area (Å²) >= 11 is 0. The number of Topliss-reactive ketones (excluding diaryl/α,β-unsaturated/α-hetero) is 1. The maximum Gasteiger partial charge on any atom is 0.155 e. The molecule has 0 saturated carbocycles. The minimum atomic E-state index is -0.352. The van der Waals surface area contributed by atoms with Gasteiger partial charge in [0.15, 0.2) is 5.78 Å². The SMILES string of the molecule is CC(=O)C1C(c2ccccc2)C(c2ccccc2)=NN1c1ccccc1. The number of rotatable bonds is 4. The van der Waals surface area contributed by atoms with E-state index in [4.69, 9.17) is 5.10 Å². The number of hydrogen-bond donors (Lipinski definition) is 0. The van der Waals surface area contributed by atoms with Gasteiger partial charge in [0.25, 0.3) is 0 Å². The number of hydrogen-bond acceptors (Lipinski definition) is 3. The van der Waals surface area contributed by atoms with Gasteiger partial charge in [-0.25, -0.2) is 0 Å². The van der Waals surface area contributed by atoms with Crippen molar-refractivity contribution in [1.29, 1.82) is 0 Å². The molecule has 4 rings (SSSR count). The van der Waals surface area contributed by atoms with E-state index in [1.807, 2.05) is 71.7 Å². The molecule has 2 unspecified atom stereocenters. The first-order chi connectivity index (χ1) is 12.8. The van der Waals surface area contributed by atoms with Crippen LogP contribution in [0.1, 0.15) is 24.0 Å². The number of carbonyl (C=O) groups excluding carboxylic acids is 1. The molecule has 1 heterocycles. The molecule has 0 bridgehead atoms. The highest BCUT2D eigenvalue weighted by molar-refractivity contribution is 6.11. The van der Waals surface area contributed by atoms with Gasteiger partial charge in [0, 0.05) is 0 Å². The number of nitrogens with zero attached hydrogens (tertiary/aromatic N) is 2.